The Morgan fingerprint density at radius 2 is 1.83 bits per heavy atom. The Balaban J connectivity index is 1.95. The van der Waals surface area contributed by atoms with Crippen molar-refractivity contribution in [2.24, 2.45) is 16.7 Å². The van der Waals surface area contributed by atoms with Crippen LogP contribution in [0.15, 0.2) is 11.6 Å². The Hall–Kier alpha value is -0.830. The average molecular weight is 469 g/mol. The smallest absolute Gasteiger partial charge is 0.304 e. The first-order valence-electron chi connectivity index (χ1n) is 10.2. The summed E-state index contributed by atoms with van der Waals surface area (Å²) >= 11 is 0. The summed E-state index contributed by atoms with van der Waals surface area (Å²) in [7, 11) is -8.82. The third kappa shape index (κ3) is 3.12. The summed E-state index contributed by atoms with van der Waals surface area (Å²) < 4.78 is 78.5. The highest BCUT2D eigenvalue weighted by atomic mass is 32.2. The van der Waals surface area contributed by atoms with E-state index in [4.69, 9.17) is 9.05 Å². The number of halogens is 2. The minimum absolute atomic E-state index is 0.153. The van der Waals surface area contributed by atoms with E-state index in [2.05, 4.69) is 0 Å². The van der Waals surface area contributed by atoms with Gasteiger partial charge in [0.05, 0.1) is 25.0 Å². The van der Waals surface area contributed by atoms with Crippen LogP contribution in [0, 0.1) is 16.7 Å². The van der Waals surface area contributed by atoms with Crippen molar-refractivity contribution in [2.45, 2.75) is 65.6 Å². The van der Waals surface area contributed by atoms with E-state index >= 15 is 0 Å². The number of alkyl halides is 2. The maximum Gasteiger partial charge on any atom is 0.404 e. The fraction of sp³-hybridized carbons (Fsp3) is 0.842. The van der Waals surface area contributed by atoms with Crippen LogP contribution in [-0.2, 0) is 28.4 Å². The highest BCUT2D eigenvalue weighted by Crippen LogP contribution is 2.70. The van der Waals surface area contributed by atoms with Gasteiger partial charge in [0, 0.05) is 17.1 Å². The largest absolute Gasteiger partial charge is 0.404 e. The van der Waals surface area contributed by atoms with E-state index in [9.17, 15) is 26.6 Å². The quantitative estimate of drug-likeness (QED) is 0.411. The van der Waals surface area contributed by atoms with E-state index in [1.165, 1.54) is 13.8 Å². The van der Waals surface area contributed by atoms with Crippen LogP contribution in [0.25, 0.3) is 0 Å². The van der Waals surface area contributed by atoms with Crippen LogP contribution in [0.4, 0.5) is 8.78 Å². The lowest BCUT2D eigenvalue weighted by Gasteiger charge is -2.37. The number of hydrogen-bond acceptors (Lipinski definition) is 6. The van der Waals surface area contributed by atoms with Gasteiger partial charge in [-0.1, -0.05) is 13.8 Å². The number of sulfonamides is 1. The monoisotopic (exact) mass is 469 g/mol. The Bertz CT molecular complexity index is 908. The number of amides is 1. The highest BCUT2D eigenvalue weighted by Gasteiger charge is 2.72. The van der Waals surface area contributed by atoms with Crippen molar-refractivity contribution in [2.75, 3.05) is 19.0 Å². The summed E-state index contributed by atoms with van der Waals surface area (Å²) in [6, 6.07) is -0.535. The van der Waals surface area contributed by atoms with Crippen molar-refractivity contribution >= 4 is 23.5 Å². The number of rotatable bonds is 7. The fourth-order valence-electron chi connectivity index (χ4n) is 5.67. The van der Waals surface area contributed by atoms with E-state index in [0.29, 0.717) is 18.9 Å². The molecule has 172 valence electrons. The molecule has 3 atom stereocenters. The van der Waals surface area contributed by atoms with Crippen molar-refractivity contribution in [1.29, 1.82) is 0 Å². The fourth-order valence-corrected chi connectivity index (χ4v) is 9.75. The van der Waals surface area contributed by atoms with Gasteiger partial charge in [-0.15, -0.1) is 0 Å². The molecule has 0 aromatic heterocycles. The Morgan fingerprint density at radius 1 is 1.27 bits per heavy atom. The average Bonchev–Trinajstić information content (AvgIpc) is 3.09. The molecule has 3 aliphatic rings. The summed E-state index contributed by atoms with van der Waals surface area (Å²) in [6.07, 6.45) is 2.71. The molecule has 0 aromatic rings. The van der Waals surface area contributed by atoms with E-state index in [1.807, 2.05) is 13.8 Å². The van der Waals surface area contributed by atoms with Gasteiger partial charge >= 0.3 is 13.3 Å². The third-order valence-corrected chi connectivity index (χ3v) is 11.5. The predicted molar refractivity (Wildman–Crippen MR) is 108 cm³/mol. The first-order chi connectivity index (χ1) is 13.7. The third-order valence-electron chi connectivity index (χ3n) is 7.38. The summed E-state index contributed by atoms with van der Waals surface area (Å²) in [5, 5.41) is 0. The van der Waals surface area contributed by atoms with Crippen LogP contribution in [0.3, 0.4) is 0 Å². The molecule has 0 radical (unpaired) electrons. The molecule has 1 amide bonds. The lowest BCUT2D eigenvalue weighted by atomic mass is 9.69. The summed E-state index contributed by atoms with van der Waals surface area (Å²) in [4.78, 5) is 13.0. The molecule has 3 rings (SSSR count). The maximum atomic E-state index is 14.9. The van der Waals surface area contributed by atoms with Crippen molar-refractivity contribution in [1.82, 2.24) is 4.31 Å². The number of allylic oxidation sites excluding steroid dienone is 1. The number of carbonyl (C=O) groups excluding carboxylic acids is 1. The van der Waals surface area contributed by atoms with Gasteiger partial charge in [-0.3, -0.25) is 9.36 Å². The zero-order valence-corrected chi connectivity index (χ0v) is 19.7. The van der Waals surface area contributed by atoms with E-state index < -0.39 is 46.2 Å². The minimum atomic E-state index is -4.88. The van der Waals surface area contributed by atoms with E-state index in [0.717, 1.165) is 17.6 Å². The van der Waals surface area contributed by atoms with Crippen LogP contribution in [0.5, 0.6) is 0 Å². The van der Waals surface area contributed by atoms with Crippen LogP contribution < -0.4 is 0 Å². The summed E-state index contributed by atoms with van der Waals surface area (Å²) in [5.41, 5.74) is -5.72. The first kappa shape index (κ1) is 23.8. The van der Waals surface area contributed by atoms with Crippen LogP contribution in [0.1, 0.15) is 53.9 Å². The molecule has 2 saturated carbocycles. The van der Waals surface area contributed by atoms with Crippen molar-refractivity contribution in [3.8, 4) is 0 Å². The normalized spacial score (nSPS) is 32.5. The second-order valence-corrected chi connectivity index (χ2v) is 12.9. The number of fused-ring (bicyclic) bond motifs is 1. The highest BCUT2D eigenvalue weighted by molar-refractivity contribution is 7.90. The van der Waals surface area contributed by atoms with Gasteiger partial charge in [0.1, 0.15) is 0 Å². The van der Waals surface area contributed by atoms with Crippen LogP contribution >= 0.6 is 7.60 Å². The SMILES string of the molecule is CCOP(=O)(OCC)C(F)(F)/C(C)=C\C(=O)N1[C@@H]2C[C@@H]3CC[C@@]2(CS1(=O)=O)C3(C)C. The van der Waals surface area contributed by atoms with E-state index in [1.54, 1.807) is 0 Å². The maximum absolute atomic E-state index is 14.9. The second kappa shape index (κ2) is 7.36. The summed E-state index contributed by atoms with van der Waals surface area (Å²) in [6.45, 7) is 7.27. The molecular weight excluding hydrogens is 439 g/mol. The van der Waals surface area contributed by atoms with Crippen molar-refractivity contribution in [3.63, 3.8) is 0 Å². The molecule has 0 N–H and O–H groups in total. The van der Waals surface area contributed by atoms with E-state index in [-0.39, 0.29) is 30.3 Å². The second-order valence-electron chi connectivity index (χ2n) is 8.96. The summed E-state index contributed by atoms with van der Waals surface area (Å²) in [5.74, 6) is -0.896. The number of nitrogens with zero attached hydrogens (tertiary/aromatic N) is 1. The van der Waals surface area contributed by atoms with Gasteiger partial charge in [-0.2, -0.15) is 8.78 Å². The minimum Gasteiger partial charge on any atom is -0.304 e. The predicted octanol–water partition coefficient (Wildman–Crippen LogP) is 4.16. The molecule has 0 aromatic carbocycles. The molecule has 11 heteroatoms. The van der Waals surface area contributed by atoms with Gasteiger partial charge < -0.3 is 9.05 Å². The molecule has 30 heavy (non-hydrogen) atoms. The molecule has 3 fully saturated rings. The molecule has 2 aliphatic carbocycles. The molecule has 0 unspecified atom stereocenters. The molecule has 1 heterocycles. The van der Waals surface area contributed by atoms with Crippen LogP contribution in [-0.4, -0.2) is 49.3 Å². The Kier molecular flexibility index (Phi) is 5.84. The number of carbonyl (C=O) groups is 1. The topological polar surface area (TPSA) is 90.0 Å². The van der Waals surface area contributed by atoms with Gasteiger partial charge in [0.15, 0.2) is 0 Å². The molecular formula is C19H30F2NO6PS. The van der Waals surface area contributed by atoms with Gasteiger partial charge in [-0.05, 0) is 51.4 Å². The molecule has 1 saturated heterocycles. The van der Waals surface area contributed by atoms with Gasteiger partial charge in [-0.25, -0.2) is 12.7 Å². The van der Waals surface area contributed by atoms with Crippen molar-refractivity contribution < 1.29 is 35.6 Å². The van der Waals surface area contributed by atoms with Crippen LogP contribution in [0.2, 0.25) is 0 Å². The van der Waals surface area contributed by atoms with Gasteiger partial charge in [0.25, 0.3) is 5.91 Å². The lowest BCUT2D eigenvalue weighted by molar-refractivity contribution is -0.124. The lowest BCUT2D eigenvalue weighted by Crippen LogP contribution is -2.43. The van der Waals surface area contributed by atoms with Gasteiger partial charge in [0.2, 0.25) is 10.0 Å². The molecule has 1 spiro atoms. The first-order valence-corrected chi connectivity index (χ1v) is 13.4. The zero-order valence-electron chi connectivity index (χ0n) is 18.0. The Labute approximate surface area is 176 Å². The number of hydrogen-bond donors (Lipinski definition) is 0. The Morgan fingerprint density at radius 3 is 2.33 bits per heavy atom. The molecule has 2 bridgehead atoms. The standard InChI is InChI=1S/C19H30F2NO6PS/c1-6-27-29(24,28-7-2)19(20,21)13(3)10-16(23)22-15-11-14-8-9-18(15,17(14,4)5)12-30(22,25)26/h10,14-15H,6-9,11-12H2,1-5H3/b13-10-/t14-,15+,18-/m0/s1. The zero-order chi connectivity index (χ0) is 22.8. The molecule has 1 aliphatic heterocycles. The molecule has 7 nitrogen and oxygen atoms in total. The van der Waals surface area contributed by atoms with Crippen molar-refractivity contribution in [3.05, 3.63) is 11.6 Å².